The summed E-state index contributed by atoms with van der Waals surface area (Å²) in [5.74, 6) is 1.62. The number of aromatic amines is 1. The highest BCUT2D eigenvalue weighted by molar-refractivity contribution is 5.84. The maximum Gasteiger partial charge on any atom is 0.257 e. The molecule has 1 heterocycles. The Morgan fingerprint density at radius 1 is 0.970 bits per heavy atom. The van der Waals surface area contributed by atoms with Gasteiger partial charge < -0.3 is 24.5 Å². The molecule has 0 fully saturated rings. The fraction of sp³-hybridized carbons (Fsp3) is 0.222. The molecule has 1 aromatic heterocycles. The maximum atomic E-state index is 12.6. The third-order valence-electron chi connectivity index (χ3n) is 5.67. The molecule has 0 aliphatic rings. The maximum absolute atomic E-state index is 12.6. The molecule has 1 unspecified atom stereocenters. The molecular weight excluding hydrogens is 416 g/mol. The molecule has 6 nitrogen and oxygen atoms in total. The third-order valence-corrected chi connectivity index (χ3v) is 5.67. The summed E-state index contributed by atoms with van der Waals surface area (Å²) >= 11 is 0. The molecule has 0 aliphatic heterocycles. The highest BCUT2D eigenvalue weighted by Gasteiger charge is 2.24. The van der Waals surface area contributed by atoms with Gasteiger partial charge in [-0.05, 0) is 42.3 Å². The molecule has 0 spiro atoms. The van der Waals surface area contributed by atoms with Gasteiger partial charge in [0.1, 0.15) is 5.75 Å². The number of aryl methyl sites for hydroxylation is 1. The van der Waals surface area contributed by atoms with E-state index in [1.165, 1.54) is 0 Å². The molecule has 4 rings (SSSR count). The number of carbonyl (C=O) groups is 1. The minimum absolute atomic E-state index is 0.0562. The predicted octanol–water partition coefficient (Wildman–Crippen LogP) is 4.82. The number of hydrogen-bond acceptors (Lipinski definition) is 4. The van der Waals surface area contributed by atoms with Crippen molar-refractivity contribution in [3.05, 3.63) is 89.6 Å². The minimum Gasteiger partial charge on any atom is -0.493 e. The predicted molar refractivity (Wildman–Crippen MR) is 129 cm³/mol. The fourth-order valence-electron chi connectivity index (χ4n) is 4.08. The van der Waals surface area contributed by atoms with Crippen molar-refractivity contribution in [2.45, 2.75) is 12.8 Å². The van der Waals surface area contributed by atoms with Crippen LogP contribution in [0.3, 0.4) is 0 Å². The first-order chi connectivity index (χ1) is 16.1. The number of hydrogen-bond donors (Lipinski definition) is 2. The van der Waals surface area contributed by atoms with Crippen LogP contribution >= 0.6 is 0 Å². The lowest BCUT2D eigenvalue weighted by Gasteiger charge is -2.22. The molecule has 1 amide bonds. The number of benzene rings is 3. The standard InChI is InChI=1S/C27H28N2O4/c1-18-8-6-9-19(14-18)33-17-26(30)29-16-23(21-11-7-13-25(31-2)27(21)32-3)22-15-28-24-12-5-4-10-20(22)24/h4-15,23,28H,16-17H2,1-3H3,(H,29,30). The molecule has 1 atom stereocenters. The van der Waals surface area contributed by atoms with Crippen molar-refractivity contribution in [1.82, 2.24) is 10.3 Å². The summed E-state index contributed by atoms with van der Waals surface area (Å²) in [5, 5.41) is 4.13. The molecule has 0 saturated heterocycles. The zero-order valence-corrected chi connectivity index (χ0v) is 19.1. The Kier molecular flexibility index (Phi) is 6.83. The van der Waals surface area contributed by atoms with Crippen LogP contribution in [0.1, 0.15) is 22.6 Å². The van der Waals surface area contributed by atoms with E-state index in [1.807, 2.05) is 73.8 Å². The van der Waals surface area contributed by atoms with E-state index in [4.69, 9.17) is 14.2 Å². The van der Waals surface area contributed by atoms with Crippen LogP contribution in [0.4, 0.5) is 0 Å². The lowest BCUT2D eigenvalue weighted by atomic mass is 9.90. The number of amides is 1. The van der Waals surface area contributed by atoms with Crippen LogP contribution in [-0.4, -0.2) is 38.3 Å². The molecule has 4 aromatic rings. The number of nitrogens with one attached hydrogen (secondary N) is 2. The van der Waals surface area contributed by atoms with E-state index in [0.29, 0.717) is 23.8 Å². The van der Waals surface area contributed by atoms with E-state index in [0.717, 1.165) is 27.6 Å². The number of H-pyrrole nitrogens is 1. The van der Waals surface area contributed by atoms with Crippen LogP contribution in [-0.2, 0) is 4.79 Å². The van der Waals surface area contributed by atoms with Gasteiger partial charge in [0.2, 0.25) is 0 Å². The average Bonchev–Trinajstić information content (AvgIpc) is 3.26. The highest BCUT2D eigenvalue weighted by Crippen LogP contribution is 2.40. The van der Waals surface area contributed by atoms with Crippen LogP contribution in [0.25, 0.3) is 10.9 Å². The summed E-state index contributed by atoms with van der Waals surface area (Å²) in [4.78, 5) is 16.0. The second-order valence-electron chi connectivity index (χ2n) is 7.83. The van der Waals surface area contributed by atoms with Crippen molar-refractivity contribution in [2.24, 2.45) is 0 Å². The van der Waals surface area contributed by atoms with Gasteiger partial charge in [-0.2, -0.15) is 0 Å². The first-order valence-corrected chi connectivity index (χ1v) is 10.8. The topological polar surface area (TPSA) is 72.6 Å². The van der Waals surface area contributed by atoms with Gasteiger partial charge >= 0.3 is 0 Å². The van der Waals surface area contributed by atoms with Crippen molar-refractivity contribution in [2.75, 3.05) is 27.4 Å². The van der Waals surface area contributed by atoms with E-state index in [1.54, 1.807) is 14.2 Å². The quantitative estimate of drug-likeness (QED) is 0.388. The number of methoxy groups -OCH3 is 2. The van der Waals surface area contributed by atoms with Gasteiger partial charge in [0.25, 0.3) is 5.91 Å². The molecule has 0 radical (unpaired) electrons. The van der Waals surface area contributed by atoms with Crippen molar-refractivity contribution in [3.63, 3.8) is 0 Å². The molecule has 170 valence electrons. The van der Waals surface area contributed by atoms with Crippen LogP contribution in [0.2, 0.25) is 0 Å². The Balaban J connectivity index is 1.59. The van der Waals surface area contributed by atoms with E-state index in [2.05, 4.69) is 16.4 Å². The Bertz CT molecular complexity index is 1250. The molecule has 6 heteroatoms. The smallest absolute Gasteiger partial charge is 0.257 e. The van der Waals surface area contributed by atoms with E-state index in [9.17, 15) is 4.79 Å². The Morgan fingerprint density at radius 3 is 2.58 bits per heavy atom. The Morgan fingerprint density at radius 2 is 1.79 bits per heavy atom. The number of fused-ring (bicyclic) bond motifs is 1. The van der Waals surface area contributed by atoms with Crippen molar-refractivity contribution in [3.8, 4) is 17.2 Å². The second kappa shape index (κ2) is 10.1. The van der Waals surface area contributed by atoms with Crippen molar-refractivity contribution < 1.29 is 19.0 Å². The number of aromatic nitrogens is 1. The SMILES string of the molecule is COc1cccc(C(CNC(=O)COc2cccc(C)c2)c2c[nH]c3ccccc23)c1OC. The zero-order chi connectivity index (χ0) is 23.2. The summed E-state index contributed by atoms with van der Waals surface area (Å²) < 4.78 is 16.9. The van der Waals surface area contributed by atoms with Crippen LogP contribution in [0.15, 0.2) is 72.9 Å². The molecule has 0 aliphatic carbocycles. The van der Waals surface area contributed by atoms with E-state index in [-0.39, 0.29) is 18.4 Å². The number of rotatable bonds is 9. The van der Waals surface area contributed by atoms with Crippen molar-refractivity contribution in [1.29, 1.82) is 0 Å². The Labute approximate surface area is 193 Å². The van der Waals surface area contributed by atoms with Gasteiger partial charge in [0.15, 0.2) is 18.1 Å². The summed E-state index contributed by atoms with van der Waals surface area (Å²) in [6, 6.07) is 21.6. The van der Waals surface area contributed by atoms with Gasteiger partial charge in [-0.1, -0.05) is 42.5 Å². The number of ether oxygens (including phenoxy) is 3. The average molecular weight is 445 g/mol. The molecule has 0 bridgehead atoms. The number of para-hydroxylation sites is 2. The molecular formula is C27H28N2O4. The van der Waals surface area contributed by atoms with Gasteiger partial charge in [-0.3, -0.25) is 4.79 Å². The normalized spacial score (nSPS) is 11.7. The highest BCUT2D eigenvalue weighted by atomic mass is 16.5. The van der Waals surface area contributed by atoms with Gasteiger partial charge in [-0.15, -0.1) is 0 Å². The molecule has 2 N–H and O–H groups in total. The van der Waals surface area contributed by atoms with E-state index < -0.39 is 0 Å². The van der Waals surface area contributed by atoms with Crippen LogP contribution in [0.5, 0.6) is 17.2 Å². The molecule has 0 saturated carbocycles. The van der Waals surface area contributed by atoms with Crippen LogP contribution in [0, 0.1) is 6.92 Å². The summed E-state index contributed by atoms with van der Waals surface area (Å²) in [7, 11) is 3.24. The van der Waals surface area contributed by atoms with Gasteiger partial charge in [-0.25, -0.2) is 0 Å². The van der Waals surface area contributed by atoms with Gasteiger partial charge in [0.05, 0.1) is 14.2 Å². The van der Waals surface area contributed by atoms with Crippen LogP contribution < -0.4 is 19.5 Å². The third kappa shape index (κ3) is 4.95. The summed E-state index contributed by atoms with van der Waals surface area (Å²) in [5.41, 5.74) is 4.12. The number of carbonyl (C=O) groups excluding carboxylic acids is 1. The fourth-order valence-corrected chi connectivity index (χ4v) is 4.08. The Hall–Kier alpha value is -3.93. The first kappa shape index (κ1) is 22.3. The summed E-state index contributed by atoms with van der Waals surface area (Å²) in [6.45, 7) is 2.31. The zero-order valence-electron chi connectivity index (χ0n) is 19.1. The lowest BCUT2D eigenvalue weighted by Crippen LogP contribution is -2.33. The largest absolute Gasteiger partial charge is 0.493 e. The monoisotopic (exact) mass is 444 g/mol. The van der Waals surface area contributed by atoms with E-state index >= 15 is 0 Å². The molecule has 3 aromatic carbocycles. The minimum atomic E-state index is -0.191. The lowest BCUT2D eigenvalue weighted by molar-refractivity contribution is -0.123. The van der Waals surface area contributed by atoms with Gasteiger partial charge in [0, 0.05) is 35.1 Å². The van der Waals surface area contributed by atoms with Crippen molar-refractivity contribution >= 4 is 16.8 Å². The molecule has 33 heavy (non-hydrogen) atoms. The second-order valence-corrected chi connectivity index (χ2v) is 7.83. The summed E-state index contributed by atoms with van der Waals surface area (Å²) in [6.07, 6.45) is 1.99. The first-order valence-electron chi connectivity index (χ1n) is 10.8.